The molecule has 1 aliphatic heterocycles. The van der Waals surface area contributed by atoms with E-state index in [1.807, 2.05) is 26.0 Å². The van der Waals surface area contributed by atoms with Crippen molar-refractivity contribution < 1.29 is 70.1 Å². The van der Waals surface area contributed by atoms with Gasteiger partial charge in [0.15, 0.2) is 0 Å². The molecule has 1 aliphatic rings. The predicted molar refractivity (Wildman–Crippen MR) is 281 cm³/mol. The Kier molecular flexibility index (Phi) is 27.9. The van der Waals surface area contributed by atoms with Crippen molar-refractivity contribution in [3.63, 3.8) is 0 Å². The Hall–Kier alpha value is -5.68. The second kappa shape index (κ2) is 33.1. The second-order valence-electron chi connectivity index (χ2n) is 18.8. The lowest BCUT2D eigenvalue weighted by Crippen LogP contribution is -2.28. The quantitative estimate of drug-likeness (QED) is 0.102. The van der Waals surface area contributed by atoms with E-state index < -0.39 is 73.0 Å². The van der Waals surface area contributed by atoms with Crippen LogP contribution >= 0.6 is 0 Å². The summed E-state index contributed by atoms with van der Waals surface area (Å²) in [7, 11) is 0. The molecule has 14 nitrogen and oxygen atoms in total. The summed E-state index contributed by atoms with van der Waals surface area (Å²) >= 11 is 0. The predicted octanol–water partition coefficient (Wildman–Crippen LogP) is 8.17. The third kappa shape index (κ3) is 24.6. The number of hydrogen-bond donors (Lipinski definition) is 10. The fourth-order valence-electron chi connectivity index (χ4n) is 8.19. The molecule has 3 rings (SSSR count). The van der Waals surface area contributed by atoms with Crippen LogP contribution in [0.2, 0.25) is 0 Å². The van der Waals surface area contributed by atoms with Crippen LogP contribution in [-0.2, 0) is 9.47 Å². The number of carbonyl (C=O) groups is 2. The van der Waals surface area contributed by atoms with Crippen molar-refractivity contribution in [2.45, 2.75) is 166 Å². The molecular formula is C58H78O14. The highest BCUT2D eigenvalue weighted by Gasteiger charge is 2.26. The molecule has 14 heteroatoms. The van der Waals surface area contributed by atoms with Crippen LogP contribution in [0.5, 0.6) is 11.5 Å². The lowest BCUT2D eigenvalue weighted by atomic mass is 9.98. The summed E-state index contributed by atoms with van der Waals surface area (Å²) in [4.78, 5) is 26.9. The van der Waals surface area contributed by atoms with Crippen LogP contribution in [0, 0.1) is 0 Å². The van der Waals surface area contributed by atoms with Crippen molar-refractivity contribution in [2.75, 3.05) is 0 Å². The van der Waals surface area contributed by atoms with Crippen molar-refractivity contribution in [3.05, 3.63) is 155 Å². The number of aliphatic hydroxyl groups is 8. The van der Waals surface area contributed by atoms with E-state index in [1.165, 1.54) is 25.1 Å². The molecule has 0 amide bonds. The first-order valence-corrected chi connectivity index (χ1v) is 24.8. The fourth-order valence-corrected chi connectivity index (χ4v) is 8.19. The van der Waals surface area contributed by atoms with Crippen LogP contribution in [0.3, 0.4) is 0 Å². The van der Waals surface area contributed by atoms with Gasteiger partial charge in [0.2, 0.25) is 0 Å². The lowest BCUT2D eigenvalue weighted by Gasteiger charge is -2.23. The number of ether oxygens (including phenoxy) is 2. The molecule has 10 atom stereocenters. The van der Waals surface area contributed by atoms with E-state index >= 15 is 0 Å². The third-order valence-corrected chi connectivity index (χ3v) is 11.6. The minimum atomic E-state index is -1.01. The van der Waals surface area contributed by atoms with Gasteiger partial charge in [-0.05, 0) is 95.9 Å². The minimum absolute atomic E-state index is 0.0195. The van der Waals surface area contributed by atoms with E-state index in [1.54, 1.807) is 110 Å². The summed E-state index contributed by atoms with van der Waals surface area (Å²) in [5.74, 6) is -2.25. The maximum absolute atomic E-state index is 13.5. The second-order valence-corrected chi connectivity index (χ2v) is 18.8. The SMILES string of the molecule is CC1=CC=CC=CC=Cc2cccc(O)c2C(=O)OC(CC(C)O)CC(O)CCCC(O)CC(O)CC(C)=CC=CC=CC=Cc2cccc(O)c2C(=O)OC(CC(C)O)CC(O)CC=CC(O)CC(O)C1. The van der Waals surface area contributed by atoms with Gasteiger partial charge in [-0.2, -0.15) is 0 Å². The monoisotopic (exact) mass is 999 g/mol. The van der Waals surface area contributed by atoms with Gasteiger partial charge in [-0.1, -0.05) is 133 Å². The van der Waals surface area contributed by atoms with Gasteiger partial charge in [0, 0.05) is 32.1 Å². The van der Waals surface area contributed by atoms with E-state index in [0.717, 1.165) is 11.1 Å². The van der Waals surface area contributed by atoms with E-state index in [2.05, 4.69) is 0 Å². The number of hydrogen-bond acceptors (Lipinski definition) is 14. The van der Waals surface area contributed by atoms with Crippen LogP contribution in [0.25, 0.3) is 12.2 Å². The summed E-state index contributed by atoms with van der Waals surface area (Å²) in [6.07, 6.45) is 20.4. The normalized spacial score (nSPS) is 25.9. The van der Waals surface area contributed by atoms with Crippen LogP contribution in [0.15, 0.2) is 133 Å². The lowest BCUT2D eigenvalue weighted by molar-refractivity contribution is -0.00319. The molecule has 0 saturated heterocycles. The Morgan fingerprint density at radius 3 is 1.43 bits per heavy atom. The first-order valence-electron chi connectivity index (χ1n) is 24.8. The van der Waals surface area contributed by atoms with Gasteiger partial charge in [0.25, 0.3) is 0 Å². The standard InChI is InChI=1S/C58H78O14/c1-39-19-11-7-5-9-13-21-43-23-15-29-53(67)55(43)57(69)72-52(34-42(4)60)38-48(64)28-18-26-46(62)36-50(66)32-40(2)20-12-8-6-10-14-22-44-24-16-30-54(68)56(44)58(70)71-51(33-41(3)59)37-47(63)27-17-25-45(61)35-49(65)31-39/h5-17,19-25,29-30,41-42,45-52,59-68H,18,26-28,31-38H2,1-4H3. The van der Waals surface area contributed by atoms with Crippen molar-refractivity contribution in [3.8, 4) is 11.5 Å². The van der Waals surface area contributed by atoms with E-state index in [4.69, 9.17) is 9.47 Å². The molecule has 0 radical (unpaired) electrons. The summed E-state index contributed by atoms with van der Waals surface area (Å²) in [5.41, 5.74) is 2.33. The Balaban J connectivity index is 1.80. The smallest absolute Gasteiger partial charge is 0.342 e. The van der Waals surface area contributed by atoms with Crippen molar-refractivity contribution in [1.82, 2.24) is 0 Å². The number of cyclic esters (lactones) is 2. The summed E-state index contributed by atoms with van der Waals surface area (Å²) in [6, 6.07) is 9.18. The molecular weight excluding hydrogens is 921 g/mol. The molecule has 2 aromatic rings. The molecule has 0 aromatic heterocycles. The average molecular weight is 999 g/mol. The molecule has 1 heterocycles. The highest BCUT2D eigenvalue weighted by Crippen LogP contribution is 2.28. The number of fused-ring (bicyclic) bond motifs is 2. The average Bonchev–Trinajstić information content (AvgIpc) is 3.27. The Morgan fingerprint density at radius 1 is 0.542 bits per heavy atom. The third-order valence-electron chi connectivity index (χ3n) is 11.6. The van der Waals surface area contributed by atoms with Gasteiger partial charge in [-0.15, -0.1) is 0 Å². The molecule has 10 unspecified atom stereocenters. The van der Waals surface area contributed by atoms with Gasteiger partial charge < -0.3 is 60.5 Å². The van der Waals surface area contributed by atoms with Gasteiger partial charge in [-0.25, -0.2) is 9.59 Å². The first kappa shape index (κ1) is 60.6. The molecule has 0 saturated carbocycles. The molecule has 0 fully saturated rings. The Labute approximate surface area is 425 Å². The molecule has 72 heavy (non-hydrogen) atoms. The van der Waals surface area contributed by atoms with Crippen LogP contribution < -0.4 is 0 Å². The molecule has 394 valence electrons. The number of rotatable bonds is 4. The van der Waals surface area contributed by atoms with Crippen molar-refractivity contribution >= 4 is 24.1 Å². The fraction of sp³-hybridized carbons (Fsp3) is 0.448. The largest absolute Gasteiger partial charge is 0.507 e. The molecule has 0 spiro atoms. The van der Waals surface area contributed by atoms with Gasteiger partial charge >= 0.3 is 11.9 Å². The van der Waals surface area contributed by atoms with Crippen molar-refractivity contribution in [2.24, 2.45) is 0 Å². The zero-order chi connectivity index (χ0) is 53.0. The first-order chi connectivity index (χ1) is 34.3. The highest BCUT2D eigenvalue weighted by molar-refractivity contribution is 5.97. The number of phenols is 2. The maximum atomic E-state index is 13.5. The highest BCUT2D eigenvalue weighted by atomic mass is 16.6. The maximum Gasteiger partial charge on any atom is 0.342 e. The number of phenolic OH excluding ortho intramolecular Hbond substituents is 2. The molecule has 10 N–H and O–H groups in total. The number of esters is 2. The Bertz CT molecular complexity index is 2250. The number of aromatic hydroxyl groups is 2. The zero-order valence-corrected chi connectivity index (χ0v) is 42.1. The number of carbonyl (C=O) groups excluding carboxylic acids is 2. The molecule has 0 bridgehead atoms. The topological polar surface area (TPSA) is 255 Å². The number of aliphatic hydroxyl groups excluding tert-OH is 8. The Morgan fingerprint density at radius 2 is 0.958 bits per heavy atom. The summed E-state index contributed by atoms with van der Waals surface area (Å²) < 4.78 is 11.5. The van der Waals surface area contributed by atoms with E-state index in [-0.39, 0.29) is 80.4 Å². The molecule has 2 aromatic carbocycles. The van der Waals surface area contributed by atoms with E-state index in [9.17, 15) is 60.7 Å². The van der Waals surface area contributed by atoms with Gasteiger partial charge in [0.05, 0.1) is 48.8 Å². The van der Waals surface area contributed by atoms with Gasteiger partial charge in [0.1, 0.15) is 34.8 Å². The van der Waals surface area contributed by atoms with Crippen molar-refractivity contribution in [1.29, 1.82) is 0 Å². The minimum Gasteiger partial charge on any atom is -0.507 e. The zero-order valence-electron chi connectivity index (χ0n) is 42.1. The number of benzene rings is 2. The summed E-state index contributed by atoms with van der Waals surface area (Å²) in [6.45, 7) is 6.78. The van der Waals surface area contributed by atoms with Crippen LogP contribution in [-0.4, -0.2) is 124 Å². The summed E-state index contributed by atoms with van der Waals surface area (Å²) in [5, 5.41) is 106. The van der Waals surface area contributed by atoms with Gasteiger partial charge in [-0.3, -0.25) is 0 Å². The molecule has 0 aliphatic carbocycles. The number of allylic oxidation sites excluding steroid dienone is 12. The van der Waals surface area contributed by atoms with Crippen LogP contribution in [0.4, 0.5) is 0 Å². The van der Waals surface area contributed by atoms with E-state index in [0.29, 0.717) is 30.4 Å². The van der Waals surface area contributed by atoms with Crippen LogP contribution in [0.1, 0.15) is 137 Å².